The summed E-state index contributed by atoms with van der Waals surface area (Å²) in [5, 5.41) is 7.06. The van der Waals surface area contributed by atoms with Crippen molar-refractivity contribution in [2.45, 2.75) is 32.1 Å². The zero-order valence-electron chi connectivity index (χ0n) is 18.2. The maximum absolute atomic E-state index is 13.1. The molecule has 4 rings (SSSR count). The first-order valence-corrected chi connectivity index (χ1v) is 10.7. The summed E-state index contributed by atoms with van der Waals surface area (Å²) in [4.78, 5) is 15.3. The van der Waals surface area contributed by atoms with Crippen molar-refractivity contribution in [3.8, 4) is 11.4 Å². The molecule has 0 saturated carbocycles. The zero-order valence-corrected chi connectivity index (χ0v) is 18.2. The average molecular weight is 458 g/mol. The maximum atomic E-state index is 13.1. The molecule has 0 spiro atoms. The van der Waals surface area contributed by atoms with Gasteiger partial charge in [0.1, 0.15) is 0 Å². The molecule has 3 aromatic rings. The second-order valence-corrected chi connectivity index (χ2v) is 7.97. The summed E-state index contributed by atoms with van der Waals surface area (Å²) in [6, 6.07) is 12.7. The summed E-state index contributed by atoms with van der Waals surface area (Å²) in [6.07, 6.45) is -0.678. The molecule has 1 saturated heterocycles. The normalized spacial score (nSPS) is 14.4. The number of ether oxygens (including phenoxy) is 1. The number of carbonyl (C=O) groups is 1. The summed E-state index contributed by atoms with van der Waals surface area (Å²) in [5.74, 6) is -0.288. The van der Waals surface area contributed by atoms with Crippen LogP contribution in [0.15, 0.2) is 54.7 Å². The number of nitrogens with one attached hydrogen (secondary N) is 1. The molecule has 1 amide bonds. The molecule has 0 aliphatic carbocycles. The molecule has 33 heavy (non-hydrogen) atoms. The number of likely N-dealkylation sites (tertiary alicyclic amines) is 1. The number of nitrogens with zero attached hydrogens (tertiary/aromatic N) is 3. The number of rotatable bonds is 7. The van der Waals surface area contributed by atoms with Crippen LogP contribution >= 0.6 is 0 Å². The molecule has 2 aromatic carbocycles. The minimum atomic E-state index is -4.48. The van der Waals surface area contributed by atoms with E-state index in [2.05, 4.69) is 21.4 Å². The second-order valence-electron chi connectivity index (χ2n) is 7.97. The van der Waals surface area contributed by atoms with Gasteiger partial charge in [-0.15, -0.1) is 0 Å². The summed E-state index contributed by atoms with van der Waals surface area (Å²) in [5.41, 5.74) is 1.55. The van der Waals surface area contributed by atoms with Gasteiger partial charge in [0.15, 0.2) is 11.4 Å². The lowest BCUT2D eigenvalue weighted by Gasteiger charge is -2.17. The molecule has 0 atom stereocenters. The molecule has 1 aliphatic rings. The number of carbonyl (C=O) groups excluding carboxylic acids is 1. The second kappa shape index (κ2) is 9.66. The Balaban J connectivity index is 1.50. The van der Waals surface area contributed by atoms with Gasteiger partial charge in [0.05, 0.1) is 24.6 Å². The Morgan fingerprint density at radius 2 is 1.82 bits per heavy atom. The van der Waals surface area contributed by atoms with E-state index in [4.69, 9.17) is 4.74 Å². The molecule has 9 heteroatoms. The van der Waals surface area contributed by atoms with Crippen LogP contribution in [0.4, 0.5) is 13.2 Å². The molecular weight excluding hydrogens is 433 g/mol. The Morgan fingerprint density at radius 1 is 1.09 bits per heavy atom. The van der Waals surface area contributed by atoms with E-state index >= 15 is 0 Å². The third-order valence-electron chi connectivity index (χ3n) is 5.70. The standard InChI is InChI=1S/C24H25F3N4O2/c1-33-21-16-31(20-10-6-9-19(13-20)24(25,26)27)29-22(21)23(32)28-14-17-7-2-3-8-18(17)15-30-11-4-5-12-30/h2-3,6-10,13,16H,4-5,11-12,14-15H2,1H3,(H,28,32). The van der Waals surface area contributed by atoms with Gasteiger partial charge in [0, 0.05) is 13.1 Å². The lowest BCUT2D eigenvalue weighted by atomic mass is 10.1. The van der Waals surface area contributed by atoms with Crippen molar-refractivity contribution >= 4 is 5.91 Å². The smallest absolute Gasteiger partial charge is 0.416 e. The fourth-order valence-corrected chi connectivity index (χ4v) is 3.95. The SMILES string of the molecule is COc1cn(-c2cccc(C(F)(F)F)c2)nc1C(=O)NCc1ccccc1CN1CCCC1. The Bertz CT molecular complexity index is 1120. The Morgan fingerprint density at radius 3 is 2.52 bits per heavy atom. The van der Waals surface area contributed by atoms with E-state index in [-0.39, 0.29) is 17.1 Å². The highest BCUT2D eigenvalue weighted by Crippen LogP contribution is 2.30. The minimum absolute atomic E-state index is 0.00642. The number of methoxy groups -OCH3 is 1. The van der Waals surface area contributed by atoms with Crippen molar-refractivity contribution in [1.82, 2.24) is 20.0 Å². The molecule has 6 nitrogen and oxygen atoms in total. The predicted molar refractivity (Wildman–Crippen MR) is 117 cm³/mol. The monoisotopic (exact) mass is 458 g/mol. The van der Waals surface area contributed by atoms with E-state index in [1.807, 2.05) is 18.2 Å². The van der Waals surface area contributed by atoms with Gasteiger partial charge in [0.2, 0.25) is 0 Å². The van der Waals surface area contributed by atoms with Gasteiger partial charge in [-0.05, 0) is 55.3 Å². The molecule has 1 N–H and O–H groups in total. The molecule has 1 fully saturated rings. The predicted octanol–water partition coefficient (Wildman–Crippen LogP) is 4.43. The van der Waals surface area contributed by atoms with Crippen molar-refractivity contribution in [2.75, 3.05) is 20.2 Å². The van der Waals surface area contributed by atoms with Crippen molar-refractivity contribution in [1.29, 1.82) is 0 Å². The van der Waals surface area contributed by atoms with Crippen molar-refractivity contribution in [3.05, 3.63) is 77.1 Å². The van der Waals surface area contributed by atoms with Crippen LogP contribution in [0.1, 0.15) is 40.0 Å². The van der Waals surface area contributed by atoms with E-state index < -0.39 is 17.6 Å². The van der Waals surface area contributed by atoms with E-state index in [1.54, 1.807) is 0 Å². The number of hydrogen-bond acceptors (Lipinski definition) is 4. The van der Waals surface area contributed by atoms with Gasteiger partial charge >= 0.3 is 6.18 Å². The van der Waals surface area contributed by atoms with Gasteiger partial charge in [-0.3, -0.25) is 9.69 Å². The molecular formula is C24H25F3N4O2. The highest BCUT2D eigenvalue weighted by molar-refractivity contribution is 5.94. The highest BCUT2D eigenvalue weighted by atomic mass is 19.4. The fourth-order valence-electron chi connectivity index (χ4n) is 3.95. The largest absolute Gasteiger partial charge is 0.493 e. The third kappa shape index (κ3) is 5.36. The number of halogens is 3. The van der Waals surface area contributed by atoms with E-state index in [0.717, 1.165) is 42.9 Å². The highest BCUT2D eigenvalue weighted by Gasteiger charge is 2.30. The number of aromatic nitrogens is 2. The van der Waals surface area contributed by atoms with E-state index in [0.29, 0.717) is 6.54 Å². The quantitative estimate of drug-likeness (QED) is 0.569. The topological polar surface area (TPSA) is 59.4 Å². The van der Waals surface area contributed by atoms with Crippen molar-refractivity contribution in [2.24, 2.45) is 0 Å². The van der Waals surface area contributed by atoms with Crippen LogP contribution in [0, 0.1) is 0 Å². The van der Waals surface area contributed by atoms with Crippen LogP contribution in [-0.4, -0.2) is 40.8 Å². The van der Waals surface area contributed by atoms with Gasteiger partial charge in [-0.2, -0.15) is 18.3 Å². The summed E-state index contributed by atoms with van der Waals surface area (Å²) in [7, 11) is 1.38. The van der Waals surface area contributed by atoms with Crippen molar-refractivity contribution < 1.29 is 22.7 Å². The van der Waals surface area contributed by atoms with Gasteiger partial charge in [-0.25, -0.2) is 4.68 Å². The molecule has 1 aromatic heterocycles. The van der Waals surface area contributed by atoms with E-state index in [9.17, 15) is 18.0 Å². The molecule has 174 valence electrons. The van der Waals surface area contributed by atoms with Gasteiger partial charge in [0.25, 0.3) is 5.91 Å². The summed E-state index contributed by atoms with van der Waals surface area (Å²) >= 11 is 0. The fraction of sp³-hybridized carbons (Fsp3) is 0.333. The number of hydrogen-bond donors (Lipinski definition) is 1. The number of benzene rings is 2. The minimum Gasteiger partial charge on any atom is -0.493 e. The van der Waals surface area contributed by atoms with Gasteiger partial charge in [-0.1, -0.05) is 30.3 Å². The Hall–Kier alpha value is -3.33. The number of amides is 1. The Labute approximate surface area is 190 Å². The third-order valence-corrected chi connectivity index (χ3v) is 5.70. The first-order chi connectivity index (χ1) is 15.8. The molecule has 0 unspecified atom stereocenters. The number of alkyl halides is 3. The van der Waals surface area contributed by atoms with Gasteiger partial charge < -0.3 is 10.1 Å². The maximum Gasteiger partial charge on any atom is 0.416 e. The first kappa shape index (κ1) is 22.8. The van der Waals surface area contributed by atoms with Crippen LogP contribution in [0.25, 0.3) is 5.69 Å². The average Bonchev–Trinajstić information content (AvgIpc) is 3.48. The summed E-state index contributed by atoms with van der Waals surface area (Å²) in [6.45, 7) is 3.29. The van der Waals surface area contributed by atoms with E-state index in [1.165, 1.54) is 43.0 Å². The molecule has 2 heterocycles. The summed E-state index contributed by atoms with van der Waals surface area (Å²) < 4.78 is 45.7. The van der Waals surface area contributed by atoms with Crippen molar-refractivity contribution in [3.63, 3.8) is 0 Å². The molecule has 0 radical (unpaired) electrons. The Kier molecular flexibility index (Phi) is 6.69. The van der Waals surface area contributed by atoms with Crippen LogP contribution < -0.4 is 10.1 Å². The zero-order chi connectivity index (χ0) is 23.4. The first-order valence-electron chi connectivity index (χ1n) is 10.7. The molecule has 1 aliphatic heterocycles. The molecule has 0 bridgehead atoms. The lowest BCUT2D eigenvalue weighted by molar-refractivity contribution is -0.137. The lowest BCUT2D eigenvalue weighted by Crippen LogP contribution is -2.25. The van der Waals surface area contributed by atoms with Crippen LogP contribution in [0.2, 0.25) is 0 Å². The van der Waals surface area contributed by atoms with Crippen LogP contribution in [0.3, 0.4) is 0 Å². The van der Waals surface area contributed by atoms with Crippen LogP contribution in [0.5, 0.6) is 5.75 Å². The van der Waals surface area contributed by atoms with Crippen LogP contribution in [-0.2, 0) is 19.3 Å².